The van der Waals surface area contributed by atoms with Crippen LogP contribution in [0.2, 0.25) is 0 Å². The SMILES string of the molecule is c1ccc(N2c3ccccc3NC2c2ccc(-c3cccc(-c4nc5c(nc6ccccn65)c5ccccc45)c3)cc2)cc1. The zero-order chi connectivity index (χ0) is 29.0. The number of benzene rings is 5. The van der Waals surface area contributed by atoms with E-state index in [-0.39, 0.29) is 6.17 Å². The molecule has 1 N–H and O–H groups in total. The van der Waals surface area contributed by atoms with Crippen molar-refractivity contribution in [2.45, 2.75) is 6.17 Å². The molecule has 9 rings (SSSR count). The van der Waals surface area contributed by atoms with Crippen LogP contribution in [0.4, 0.5) is 17.1 Å². The third-order valence-corrected chi connectivity index (χ3v) is 8.60. The molecule has 0 saturated carbocycles. The largest absolute Gasteiger partial charge is 0.359 e. The van der Waals surface area contributed by atoms with Gasteiger partial charge in [-0.25, -0.2) is 9.97 Å². The molecular weight excluding hydrogens is 538 g/mol. The summed E-state index contributed by atoms with van der Waals surface area (Å²) < 4.78 is 2.07. The number of fused-ring (bicyclic) bond motifs is 6. The van der Waals surface area contributed by atoms with Crippen LogP contribution in [-0.4, -0.2) is 14.4 Å². The average Bonchev–Trinajstić information content (AvgIpc) is 3.68. The Morgan fingerprint density at radius 3 is 2.20 bits per heavy atom. The zero-order valence-electron chi connectivity index (χ0n) is 23.8. The molecule has 5 nitrogen and oxygen atoms in total. The van der Waals surface area contributed by atoms with Crippen LogP contribution in [0.15, 0.2) is 152 Å². The molecule has 8 aromatic rings. The summed E-state index contributed by atoms with van der Waals surface area (Å²) in [6, 6.07) is 51.2. The number of nitrogens with one attached hydrogen (secondary N) is 1. The summed E-state index contributed by atoms with van der Waals surface area (Å²) in [5.74, 6) is 0. The molecule has 0 radical (unpaired) electrons. The van der Waals surface area contributed by atoms with Crippen molar-refractivity contribution in [3.05, 3.63) is 157 Å². The third kappa shape index (κ3) is 3.87. The predicted molar refractivity (Wildman–Crippen MR) is 180 cm³/mol. The van der Waals surface area contributed by atoms with Crippen LogP contribution in [0, 0.1) is 0 Å². The molecule has 0 aliphatic carbocycles. The van der Waals surface area contributed by atoms with E-state index in [1.807, 2.05) is 24.4 Å². The van der Waals surface area contributed by atoms with Gasteiger partial charge >= 0.3 is 0 Å². The number of para-hydroxylation sites is 3. The van der Waals surface area contributed by atoms with Crippen LogP contribution in [0.1, 0.15) is 11.7 Å². The summed E-state index contributed by atoms with van der Waals surface area (Å²) >= 11 is 0. The van der Waals surface area contributed by atoms with Crippen LogP contribution >= 0.6 is 0 Å². The van der Waals surface area contributed by atoms with E-state index in [1.165, 1.54) is 11.3 Å². The predicted octanol–water partition coefficient (Wildman–Crippen LogP) is 9.63. The van der Waals surface area contributed by atoms with Gasteiger partial charge in [0.2, 0.25) is 0 Å². The summed E-state index contributed by atoms with van der Waals surface area (Å²) in [4.78, 5) is 12.5. The Morgan fingerprint density at radius 1 is 0.568 bits per heavy atom. The van der Waals surface area contributed by atoms with Gasteiger partial charge in [-0.2, -0.15) is 0 Å². The number of hydrogen-bond acceptors (Lipinski definition) is 4. The van der Waals surface area contributed by atoms with Crippen molar-refractivity contribution in [2.24, 2.45) is 0 Å². The Kier molecular flexibility index (Phi) is 5.50. The number of aromatic nitrogens is 3. The summed E-state index contributed by atoms with van der Waals surface area (Å²) in [5.41, 5.74) is 11.7. The Morgan fingerprint density at radius 2 is 1.32 bits per heavy atom. The molecule has 1 aliphatic rings. The van der Waals surface area contributed by atoms with E-state index in [2.05, 4.69) is 142 Å². The van der Waals surface area contributed by atoms with Crippen LogP contribution in [0.25, 0.3) is 50.0 Å². The summed E-state index contributed by atoms with van der Waals surface area (Å²) in [5, 5.41) is 5.95. The van der Waals surface area contributed by atoms with Crippen molar-refractivity contribution in [3.8, 4) is 22.4 Å². The first-order chi connectivity index (χ1) is 21.8. The fraction of sp³-hybridized carbons (Fsp3) is 0.0256. The van der Waals surface area contributed by atoms with Crippen molar-refractivity contribution in [2.75, 3.05) is 10.2 Å². The van der Waals surface area contributed by atoms with Crippen LogP contribution in [-0.2, 0) is 0 Å². The van der Waals surface area contributed by atoms with Gasteiger partial charge in [-0.1, -0.05) is 103 Å². The maximum absolute atomic E-state index is 5.21. The lowest BCUT2D eigenvalue weighted by Gasteiger charge is -2.27. The van der Waals surface area contributed by atoms with Gasteiger partial charge in [-0.05, 0) is 59.2 Å². The van der Waals surface area contributed by atoms with Crippen LogP contribution in [0.5, 0.6) is 0 Å². The molecule has 3 aromatic heterocycles. The highest BCUT2D eigenvalue weighted by atomic mass is 15.3. The van der Waals surface area contributed by atoms with E-state index in [9.17, 15) is 0 Å². The minimum absolute atomic E-state index is 0.00274. The molecule has 0 spiro atoms. The fourth-order valence-electron chi connectivity index (χ4n) is 6.52. The van der Waals surface area contributed by atoms with E-state index in [1.54, 1.807) is 0 Å². The maximum Gasteiger partial charge on any atom is 0.165 e. The van der Waals surface area contributed by atoms with Gasteiger partial charge in [0.25, 0.3) is 0 Å². The van der Waals surface area contributed by atoms with E-state index in [0.29, 0.717) is 0 Å². The highest BCUT2D eigenvalue weighted by Crippen LogP contribution is 2.46. The Balaban J connectivity index is 1.11. The molecule has 208 valence electrons. The number of anilines is 3. The number of rotatable bonds is 4. The highest BCUT2D eigenvalue weighted by Gasteiger charge is 2.30. The molecule has 0 amide bonds. The molecule has 44 heavy (non-hydrogen) atoms. The van der Waals surface area contributed by atoms with Gasteiger partial charge in [-0.3, -0.25) is 4.40 Å². The summed E-state index contributed by atoms with van der Waals surface area (Å²) in [6.45, 7) is 0. The van der Waals surface area contributed by atoms with Gasteiger partial charge in [0.1, 0.15) is 17.3 Å². The smallest absolute Gasteiger partial charge is 0.165 e. The van der Waals surface area contributed by atoms with Gasteiger partial charge in [0.15, 0.2) is 5.65 Å². The van der Waals surface area contributed by atoms with Crippen molar-refractivity contribution in [1.82, 2.24) is 14.4 Å². The molecule has 1 unspecified atom stereocenters. The number of imidazole rings is 1. The average molecular weight is 566 g/mol. The van der Waals surface area contributed by atoms with Gasteiger partial charge in [-0.15, -0.1) is 0 Å². The lowest BCUT2D eigenvalue weighted by atomic mass is 9.97. The highest BCUT2D eigenvalue weighted by molar-refractivity contribution is 6.09. The lowest BCUT2D eigenvalue weighted by Crippen LogP contribution is -2.23. The molecule has 1 atom stereocenters. The molecule has 0 bridgehead atoms. The molecular formula is C39H27N5. The topological polar surface area (TPSA) is 45.5 Å². The Bertz CT molecular complexity index is 2320. The monoisotopic (exact) mass is 565 g/mol. The zero-order valence-corrected chi connectivity index (χ0v) is 23.8. The van der Waals surface area contributed by atoms with E-state index in [0.717, 1.165) is 61.3 Å². The van der Waals surface area contributed by atoms with E-state index in [4.69, 9.17) is 9.97 Å². The fourth-order valence-corrected chi connectivity index (χ4v) is 6.52. The minimum Gasteiger partial charge on any atom is -0.359 e. The van der Waals surface area contributed by atoms with E-state index < -0.39 is 0 Å². The quantitative estimate of drug-likeness (QED) is 0.231. The molecule has 0 fully saturated rings. The first kappa shape index (κ1) is 24.6. The van der Waals surface area contributed by atoms with E-state index >= 15 is 0 Å². The van der Waals surface area contributed by atoms with Gasteiger partial charge in [0, 0.05) is 28.2 Å². The van der Waals surface area contributed by atoms with Crippen molar-refractivity contribution < 1.29 is 0 Å². The maximum atomic E-state index is 5.21. The van der Waals surface area contributed by atoms with Crippen LogP contribution in [0.3, 0.4) is 0 Å². The third-order valence-electron chi connectivity index (χ3n) is 8.60. The van der Waals surface area contributed by atoms with Crippen molar-refractivity contribution in [3.63, 3.8) is 0 Å². The van der Waals surface area contributed by atoms with Gasteiger partial charge < -0.3 is 10.2 Å². The molecule has 0 saturated heterocycles. The molecule has 4 heterocycles. The van der Waals surface area contributed by atoms with Crippen molar-refractivity contribution >= 4 is 44.6 Å². The summed E-state index contributed by atoms with van der Waals surface area (Å²) in [6.07, 6.45) is 2.04. The Hall–Kier alpha value is -5.94. The van der Waals surface area contributed by atoms with Crippen molar-refractivity contribution in [1.29, 1.82) is 0 Å². The summed E-state index contributed by atoms with van der Waals surface area (Å²) in [7, 11) is 0. The first-order valence-corrected chi connectivity index (χ1v) is 14.9. The number of hydrogen-bond donors (Lipinski definition) is 1. The second-order valence-corrected chi connectivity index (χ2v) is 11.2. The first-order valence-electron chi connectivity index (χ1n) is 14.9. The molecule has 1 aliphatic heterocycles. The Labute approximate surface area is 254 Å². The number of nitrogens with zero attached hydrogens (tertiary/aromatic N) is 4. The molecule has 5 heteroatoms. The molecule has 5 aromatic carbocycles. The minimum atomic E-state index is 0.00274. The normalized spacial score (nSPS) is 14.3. The van der Waals surface area contributed by atoms with Crippen LogP contribution < -0.4 is 10.2 Å². The second kappa shape index (κ2) is 9.82. The standard InChI is InChI=1S/C39H27N5/c1-2-13-30(14-3-1)44-34-18-7-6-17-33(34)40-38(44)27-22-20-26(21-23-27)28-11-10-12-29(25-28)36-31-15-4-5-16-32(31)37-39(42-36)43-24-9-8-19-35(43)41-37/h1-25,38,40H. The second-order valence-electron chi connectivity index (χ2n) is 11.2. The number of pyridine rings is 2. The lowest BCUT2D eigenvalue weighted by molar-refractivity contribution is 0.828. The van der Waals surface area contributed by atoms with Gasteiger partial charge in [0.05, 0.1) is 17.1 Å².